The molecule has 0 bridgehead atoms. The van der Waals surface area contributed by atoms with Gasteiger partial charge in [-0.25, -0.2) is 0 Å². The van der Waals surface area contributed by atoms with Gasteiger partial charge in [-0.15, -0.1) is 6.58 Å². The number of allylic oxidation sites excluding steroid dienone is 1. The third kappa shape index (κ3) is 3.83. The molecule has 6 nitrogen and oxygen atoms in total. The number of thiazole rings is 1. The lowest BCUT2D eigenvalue weighted by Gasteiger charge is -2.02. The first-order valence-electron chi connectivity index (χ1n) is 9.20. The topological polar surface area (TPSA) is 77.5 Å². The summed E-state index contributed by atoms with van der Waals surface area (Å²) < 4.78 is 3.02. The normalized spacial score (nSPS) is 12.1. The number of nitro groups is 1. The zero-order valence-electron chi connectivity index (χ0n) is 15.9. The summed E-state index contributed by atoms with van der Waals surface area (Å²) in [5.41, 5.74) is 1.53. The van der Waals surface area contributed by atoms with E-state index in [0.29, 0.717) is 16.9 Å². The average molecular weight is 415 g/mol. The number of nitro benzene ring substituents is 1. The van der Waals surface area contributed by atoms with Gasteiger partial charge in [0.25, 0.3) is 11.6 Å². The third-order valence-electron chi connectivity index (χ3n) is 4.59. The number of carbonyl (C=O) groups is 1. The smallest absolute Gasteiger partial charge is 0.272 e. The molecule has 148 valence electrons. The Bertz CT molecular complexity index is 1400. The molecule has 0 aliphatic carbocycles. The maximum atomic E-state index is 12.5. The third-order valence-corrected chi connectivity index (χ3v) is 5.72. The van der Waals surface area contributed by atoms with Gasteiger partial charge < -0.3 is 4.57 Å². The van der Waals surface area contributed by atoms with Crippen LogP contribution in [0.5, 0.6) is 0 Å². The van der Waals surface area contributed by atoms with Gasteiger partial charge in [0.15, 0.2) is 4.80 Å². The molecule has 0 atom stereocenters. The number of fused-ring (bicyclic) bond motifs is 3. The number of rotatable bonds is 5. The van der Waals surface area contributed by atoms with Crippen molar-refractivity contribution in [3.63, 3.8) is 0 Å². The Kier molecular flexibility index (Phi) is 5.36. The lowest BCUT2D eigenvalue weighted by atomic mass is 10.1. The molecule has 3 aromatic carbocycles. The fourth-order valence-electron chi connectivity index (χ4n) is 3.23. The van der Waals surface area contributed by atoms with Crippen molar-refractivity contribution in [1.29, 1.82) is 0 Å². The van der Waals surface area contributed by atoms with E-state index in [0.717, 1.165) is 21.0 Å². The summed E-state index contributed by atoms with van der Waals surface area (Å²) in [5.74, 6) is -0.435. The first-order chi connectivity index (χ1) is 14.6. The van der Waals surface area contributed by atoms with E-state index >= 15 is 0 Å². The molecule has 1 heterocycles. The van der Waals surface area contributed by atoms with Crippen molar-refractivity contribution in [3.05, 3.63) is 99.9 Å². The van der Waals surface area contributed by atoms with Crippen LogP contribution >= 0.6 is 11.3 Å². The van der Waals surface area contributed by atoms with E-state index in [1.165, 1.54) is 35.6 Å². The van der Waals surface area contributed by atoms with E-state index in [1.54, 1.807) is 18.2 Å². The van der Waals surface area contributed by atoms with E-state index in [-0.39, 0.29) is 5.69 Å². The second kappa shape index (κ2) is 8.26. The van der Waals surface area contributed by atoms with Crippen molar-refractivity contribution < 1.29 is 9.72 Å². The molecule has 1 aromatic heterocycles. The molecule has 0 aliphatic rings. The Morgan fingerprint density at radius 2 is 2.00 bits per heavy atom. The molecule has 0 radical (unpaired) electrons. The molecule has 0 aliphatic heterocycles. The summed E-state index contributed by atoms with van der Waals surface area (Å²) >= 11 is 1.45. The van der Waals surface area contributed by atoms with Crippen molar-refractivity contribution in [2.24, 2.45) is 4.99 Å². The monoisotopic (exact) mass is 415 g/mol. The van der Waals surface area contributed by atoms with Crippen molar-refractivity contribution in [2.75, 3.05) is 0 Å². The van der Waals surface area contributed by atoms with Gasteiger partial charge in [0.1, 0.15) is 0 Å². The highest BCUT2D eigenvalue weighted by Crippen LogP contribution is 2.27. The van der Waals surface area contributed by atoms with Crippen LogP contribution in [0.4, 0.5) is 5.69 Å². The van der Waals surface area contributed by atoms with Gasteiger partial charge in [-0.2, -0.15) is 4.99 Å². The van der Waals surface area contributed by atoms with Crippen LogP contribution in [0.2, 0.25) is 0 Å². The molecule has 4 aromatic rings. The van der Waals surface area contributed by atoms with Gasteiger partial charge in [0, 0.05) is 30.1 Å². The van der Waals surface area contributed by atoms with Crippen LogP contribution in [0.15, 0.2) is 84.4 Å². The van der Waals surface area contributed by atoms with Gasteiger partial charge >= 0.3 is 0 Å². The molecule has 0 spiro atoms. The minimum absolute atomic E-state index is 0.0262. The molecular weight excluding hydrogens is 398 g/mol. The first kappa shape index (κ1) is 19.5. The molecule has 0 saturated heterocycles. The van der Waals surface area contributed by atoms with E-state index in [9.17, 15) is 14.9 Å². The second-order valence-electron chi connectivity index (χ2n) is 6.55. The Labute approximate surface area is 175 Å². The molecule has 0 N–H and O–H groups in total. The zero-order valence-corrected chi connectivity index (χ0v) is 16.7. The summed E-state index contributed by atoms with van der Waals surface area (Å²) in [6, 6.07) is 18.3. The largest absolute Gasteiger partial charge is 0.312 e. The highest BCUT2D eigenvalue weighted by Gasteiger charge is 2.09. The summed E-state index contributed by atoms with van der Waals surface area (Å²) in [4.78, 5) is 27.8. The Morgan fingerprint density at radius 3 is 2.80 bits per heavy atom. The second-order valence-corrected chi connectivity index (χ2v) is 7.53. The number of non-ortho nitro benzene ring substituents is 1. The standard InChI is InChI=1S/C23H17N3O3S/c1-2-14-25-20-12-11-17-7-3-4-9-19(17)22(20)30-23(25)24-21(27)13-10-16-6-5-8-18(15-16)26(28)29/h2-13,15H,1,14H2/b13-10+,24-23?. The number of aromatic nitrogens is 1. The Balaban J connectivity index is 1.76. The summed E-state index contributed by atoms with van der Waals surface area (Å²) in [6.45, 7) is 4.34. The Morgan fingerprint density at radius 1 is 1.17 bits per heavy atom. The molecular formula is C23H17N3O3S. The predicted molar refractivity (Wildman–Crippen MR) is 120 cm³/mol. The van der Waals surface area contributed by atoms with Crippen LogP contribution in [0.3, 0.4) is 0 Å². The maximum absolute atomic E-state index is 12.5. The molecule has 30 heavy (non-hydrogen) atoms. The lowest BCUT2D eigenvalue weighted by molar-refractivity contribution is -0.384. The Hall–Kier alpha value is -3.84. The van der Waals surface area contributed by atoms with Crippen molar-refractivity contribution >= 4 is 50.0 Å². The number of benzene rings is 3. The minimum atomic E-state index is -0.469. The SMILES string of the molecule is C=CCn1c(=NC(=O)/C=C/c2cccc([N+](=O)[O-])c2)sc2c3ccccc3ccc21. The van der Waals surface area contributed by atoms with Gasteiger partial charge in [-0.3, -0.25) is 14.9 Å². The van der Waals surface area contributed by atoms with Crippen LogP contribution in [0.25, 0.3) is 27.1 Å². The maximum Gasteiger partial charge on any atom is 0.272 e. The molecule has 0 saturated carbocycles. The van der Waals surface area contributed by atoms with Crippen LogP contribution in [0, 0.1) is 10.1 Å². The highest BCUT2D eigenvalue weighted by atomic mass is 32.1. The molecule has 0 unspecified atom stereocenters. The molecule has 4 rings (SSSR count). The van der Waals surface area contributed by atoms with Gasteiger partial charge in [0.05, 0.1) is 15.1 Å². The summed E-state index contributed by atoms with van der Waals surface area (Å²) in [5, 5.41) is 13.1. The fraction of sp³-hybridized carbons (Fsp3) is 0.0435. The fourth-order valence-corrected chi connectivity index (χ4v) is 4.41. The van der Waals surface area contributed by atoms with E-state index in [2.05, 4.69) is 29.8 Å². The van der Waals surface area contributed by atoms with Gasteiger partial charge in [-0.1, -0.05) is 59.9 Å². The number of hydrogen-bond donors (Lipinski definition) is 0. The minimum Gasteiger partial charge on any atom is -0.312 e. The van der Waals surface area contributed by atoms with E-state index < -0.39 is 10.8 Å². The van der Waals surface area contributed by atoms with Crippen LogP contribution < -0.4 is 4.80 Å². The van der Waals surface area contributed by atoms with Crippen LogP contribution in [-0.4, -0.2) is 15.4 Å². The van der Waals surface area contributed by atoms with Crippen molar-refractivity contribution in [2.45, 2.75) is 6.54 Å². The predicted octanol–water partition coefficient (Wildman–Crippen LogP) is 5.09. The molecule has 0 fully saturated rings. The van der Waals surface area contributed by atoms with Gasteiger partial charge in [-0.05, 0) is 23.1 Å². The van der Waals surface area contributed by atoms with Crippen molar-refractivity contribution in [3.8, 4) is 0 Å². The lowest BCUT2D eigenvalue weighted by Crippen LogP contribution is -2.15. The van der Waals surface area contributed by atoms with Crippen LogP contribution in [0.1, 0.15) is 5.56 Å². The average Bonchev–Trinajstić information content (AvgIpc) is 3.10. The molecule has 1 amide bonds. The number of carbonyl (C=O) groups excluding carboxylic acids is 1. The van der Waals surface area contributed by atoms with Crippen molar-refractivity contribution in [1.82, 2.24) is 4.57 Å². The van der Waals surface area contributed by atoms with E-state index in [1.807, 2.05) is 22.8 Å². The number of amides is 1. The summed E-state index contributed by atoms with van der Waals surface area (Å²) in [6.07, 6.45) is 4.61. The quantitative estimate of drug-likeness (QED) is 0.197. The molecule has 7 heteroatoms. The van der Waals surface area contributed by atoms with Gasteiger partial charge in [0.2, 0.25) is 0 Å². The first-order valence-corrected chi connectivity index (χ1v) is 10.0. The van der Waals surface area contributed by atoms with E-state index in [4.69, 9.17) is 0 Å². The zero-order chi connectivity index (χ0) is 21.1. The highest BCUT2D eigenvalue weighted by molar-refractivity contribution is 7.17. The number of nitrogens with zero attached hydrogens (tertiary/aromatic N) is 3. The van der Waals surface area contributed by atoms with Crippen LogP contribution in [-0.2, 0) is 11.3 Å². The summed E-state index contributed by atoms with van der Waals surface area (Å²) in [7, 11) is 0. The number of hydrogen-bond acceptors (Lipinski definition) is 4.